The maximum Gasteiger partial charge on any atom is 0.338 e. The van der Waals surface area contributed by atoms with Crippen molar-refractivity contribution in [1.29, 1.82) is 0 Å². The van der Waals surface area contributed by atoms with Crippen LogP contribution in [-0.4, -0.2) is 11.1 Å². The smallest absolute Gasteiger partial charge is 0.338 e. The minimum atomic E-state index is -0.680. The quantitative estimate of drug-likeness (QED) is 0.526. The van der Waals surface area contributed by atoms with Gasteiger partial charge in [0.25, 0.3) is 0 Å². The molecule has 0 unspecified atom stereocenters. The average Bonchev–Trinajstić information content (AvgIpc) is 2.42. The highest BCUT2D eigenvalue weighted by Crippen LogP contribution is 2.26. The number of aromatic hydroxyl groups is 1. The summed E-state index contributed by atoms with van der Waals surface area (Å²) >= 11 is 0. The minimum Gasteiger partial charge on any atom is -0.505 e. The first-order chi connectivity index (χ1) is 9.47. The van der Waals surface area contributed by atoms with Crippen LogP contribution in [0.15, 0.2) is 54.6 Å². The Balaban J connectivity index is 2.21. The maximum atomic E-state index is 13.3. The third-order valence-electron chi connectivity index (χ3n) is 2.69. The van der Waals surface area contributed by atoms with Gasteiger partial charge in [-0.3, -0.25) is 0 Å². The summed E-state index contributed by atoms with van der Waals surface area (Å²) in [5.41, 5.74) is 1.69. The number of carbonyl (C=O) groups is 1. The highest BCUT2D eigenvalue weighted by molar-refractivity contribution is 5.88. The van der Waals surface area contributed by atoms with E-state index in [1.54, 1.807) is 37.3 Å². The molecule has 0 heterocycles. The molecule has 20 heavy (non-hydrogen) atoms. The molecule has 3 nitrogen and oxygen atoms in total. The summed E-state index contributed by atoms with van der Waals surface area (Å²) in [7, 11) is 0. The van der Waals surface area contributed by atoms with E-state index in [9.17, 15) is 9.18 Å². The lowest BCUT2D eigenvalue weighted by Gasteiger charge is -2.06. The van der Waals surface area contributed by atoms with Crippen molar-refractivity contribution in [2.45, 2.75) is 6.92 Å². The lowest BCUT2D eigenvalue weighted by molar-refractivity contribution is -0.130. The van der Waals surface area contributed by atoms with Gasteiger partial charge < -0.3 is 9.84 Å². The summed E-state index contributed by atoms with van der Waals surface area (Å²) in [4.78, 5) is 11.4. The minimum absolute atomic E-state index is 0.315. The predicted octanol–water partition coefficient (Wildman–Crippen LogP) is 3.68. The Hall–Kier alpha value is -2.62. The molecule has 0 aromatic heterocycles. The molecular formula is C16H13FO3. The lowest BCUT2D eigenvalue weighted by atomic mass is 10.1. The molecule has 1 N–H and O–H groups in total. The molecule has 0 atom stereocenters. The van der Waals surface area contributed by atoms with Gasteiger partial charge in [0.1, 0.15) is 5.75 Å². The zero-order chi connectivity index (χ0) is 14.7. The summed E-state index contributed by atoms with van der Waals surface area (Å²) in [6.45, 7) is 5.06. The molecule has 0 saturated heterocycles. The first kappa shape index (κ1) is 13.8. The van der Waals surface area contributed by atoms with Gasteiger partial charge in [-0.2, -0.15) is 0 Å². The monoisotopic (exact) mass is 272 g/mol. The Bertz CT molecular complexity index is 660. The zero-order valence-corrected chi connectivity index (χ0v) is 10.9. The van der Waals surface area contributed by atoms with Crippen molar-refractivity contribution in [3.05, 3.63) is 60.4 Å². The van der Waals surface area contributed by atoms with E-state index >= 15 is 0 Å². The number of hydrogen-bond donors (Lipinski definition) is 1. The number of halogens is 1. The van der Waals surface area contributed by atoms with Gasteiger partial charge in [0.15, 0.2) is 11.6 Å². The number of rotatable bonds is 3. The second kappa shape index (κ2) is 5.57. The topological polar surface area (TPSA) is 46.5 Å². The van der Waals surface area contributed by atoms with Crippen LogP contribution in [0.25, 0.3) is 11.1 Å². The second-order valence-corrected chi connectivity index (χ2v) is 4.36. The molecular weight excluding hydrogens is 259 g/mol. The Morgan fingerprint density at radius 1 is 1.15 bits per heavy atom. The highest BCUT2D eigenvalue weighted by atomic mass is 19.1. The Morgan fingerprint density at radius 3 is 2.30 bits per heavy atom. The molecule has 0 bridgehead atoms. The predicted molar refractivity (Wildman–Crippen MR) is 73.9 cm³/mol. The number of hydrogen-bond acceptors (Lipinski definition) is 3. The zero-order valence-electron chi connectivity index (χ0n) is 10.9. The molecule has 2 rings (SSSR count). The molecule has 2 aromatic carbocycles. The lowest BCUT2D eigenvalue weighted by Crippen LogP contribution is -2.07. The van der Waals surface area contributed by atoms with E-state index in [2.05, 4.69) is 6.58 Å². The van der Waals surface area contributed by atoms with E-state index in [1.807, 2.05) is 0 Å². The summed E-state index contributed by atoms with van der Waals surface area (Å²) in [6, 6.07) is 10.8. The van der Waals surface area contributed by atoms with Crippen molar-refractivity contribution in [3.8, 4) is 22.6 Å². The van der Waals surface area contributed by atoms with Crippen LogP contribution in [0.2, 0.25) is 0 Å². The summed E-state index contributed by atoms with van der Waals surface area (Å²) in [5.74, 6) is -1.17. The van der Waals surface area contributed by atoms with Crippen molar-refractivity contribution < 1.29 is 19.0 Å². The van der Waals surface area contributed by atoms with Crippen LogP contribution < -0.4 is 4.74 Å². The molecule has 0 aliphatic heterocycles. The molecule has 0 saturated carbocycles. The molecule has 0 fully saturated rings. The van der Waals surface area contributed by atoms with Crippen LogP contribution in [0.5, 0.6) is 11.5 Å². The third kappa shape index (κ3) is 3.03. The van der Waals surface area contributed by atoms with Gasteiger partial charge in [0.05, 0.1) is 0 Å². The van der Waals surface area contributed by atoms with E-state index in [4.69, 9.17) is 9.84 Å². The summed E-state index contributed by atoms with van der Waals surface area (Å²) < 4.78 is 18.3. The molecule has 102 valence electrons. The largest absolute Gasteiger partial charge is 0.505 e. The van der Waals surface area contributed by atoms with Gasteiger partial charge in [-0.15, -0.1) is 0 Å². The average molecular weight is 272 g/mol. The number of carbonyl (C=O) groups excluding carboxylic acids is 1. The third-order valence-corrected chi connectivity index (χ3v) is 2.69. The van der Waals surface area contributed by atoms with E-state index in [1.165, 1.54) is 12.1 Å². The van der Waals surface area contributed by atoms with Crippen LogP contribution in [0.1, 0.15) is 6.92 Å². The van der Waals surface area contributed by atoms with Crippen LogP contribution in [0.3, 0.4) is 0 Å². The van der Waals surface area contributed by atoms with Crippen LogP contribution in [0.4, 0.5) is 4.39 Å². The van der Waals surface area contributed by atoms with Crippen molar-refractivity contribution in [1.82, 2.24) is 0 Å². The standard InChI is InChI=1S/C16H13FO3/c1-10(2)16(19)20-13-6-3-11(4-7-13)12-5-8-15(18)14(17)9-12/h3-9,18H,1H2,2H3. The second-order valence-electron chi connectivity index (χ2n) is 4.36. The summed E-state index contributed by atoms with van der Waals surface area (Å²) in [5, 5.41) is 9.15. The molecule has 0 spiro atoms. The fraction of sp³-hybridized carbons (Fsp3) is 0.0625. The van der Waals surface area contributed by atoms with Gasteiger partial charge in [-0.25, -0.2) is 9.18 Å². The molecule has 0 aliphatic rings. The Morgan fingerprint density at radius 2 is 1.75 bits per heavy atom. The Kier molecular flexibility index (Phi) is 3.84. The van der Waals surface area contributed by atoms with Gasteiger partial charge in [0, 0.05) is 5.57 Å². The van der Waals surface area contributed by atoms with E-state index < -0.39 is 11.8 Å². The molecule has 0 aliphatic carbocycles. The molecule has 2 aromatic rings. The molecule has 0 radical (unpaired) electrons. The van der Waals surface area contributed by atoms with Gasteiger partial charge in [-0.05, 0) is 42.3 Å². The first-order valence-electron chi connectivity index (χ1n) is 5.94. The molecule has 0 amide bonds. The van der Waals surface area contributed by atoms with Gasteiger partial charge in [0.2, 0.25) is 0 Å². The van der Waals surface area contributed by atoms with Crippen LogP contribution in [-0.2, 0) is 4.79 Å². The fourth-order valence-electron chi connectivity index (χ4n) is 1.60. The van der Waals surface area contributed by atoms with Crippen molar-refractivity contribution >= 4 is 5.97 Å². The number of esters is 1. The van der Waals surface area contributed by atoms with Crippen molar-refractivity contribution in [2.24, 2.45) is 0 Å². The SMILES string of the molecule is C=C(C)C(=O)Oc1ccc(-c2ccc(O)c(F)c2)cc1. The Labute approximate surface area is 115 Å². The number of phenolic OH excluding ortho intramolecular Hbond substituents is 1. The van der Waals surface area contributed by atoms with Crippen molar-refractivity contribution in [2.75, 3.05) is 0 Å². The molecule has 4 heteroatoms. The number of phenols is 1. The summed E-state index contributed by atoms with van der Waals surface area (Å²) in [6.07, 6.45) is 0. The van der Waals surface area contributed by atoms with E-state index in [0.717, 1.165) is 5.56 Å². The number of benzene rings is 2. The van der Waals surface area contributed by atoms with Gasteiger partial charge in [-0.1, -0.05) is 24.8 Å². The van der Waals surface area contributed by atoms with E-state index in [-0.39, 0.29) is 5.75 Å². The van der Waals surface area contributed by atoms with Crippen LogP contribution in [0, 0.1) is 5.82 Å². The first-order valence-corrected chi connectivity index (χ1v) is 5.94. The maximum absolute atomic E-state index is 13.3. The fourth-order valence-corrected chi connectivity index (χ4v) is 1.60. The van der Waals surface area contributed by atoms with E-state index in [0.29, 0.717) is 16.9 Å². The van der Waals surface area contributed by atoms with Crippen LogP contribution >= 0.6 is 0 Å². The van der Waals surface area contributed by atoms with Crippen molar-refractivity contribution in [3.63, 3.8) is 0 Å². The normalized spacial score (nSPS) is 10.1. The number of ether oxygens (including phenoxy) is 1. The van der Waals surface area contributed by atoms with Gasteiger partial charge >= 0.3 is 5.97 Å². The highest BCUT2D eigenvalue weighted by Gasteiger charge is 2.07.